The van der Waals surface area contributed by atoms with E-state index >= 15 is 0 Å². The van der Waals surface area contributed by atoms with E-state index in [1.54, 1.807) is 24.7 Å². The molecule has 154 valence electrons. The Balaban J connectivity index is 1.78. The fourth-order valence-corrected chi connectivity index (χ4v) is 4.49. The first-order chi connectivity index (χ1) is 13.8. The van der Waals surface area contributed by atoms with E-state index in [0.717, 1.165) is 28.0 Å². The van der Waals surface area contributed by atoms with Crippen molar-refractivity contribution in [3.8, 4) is 11.3 Å². The van der Waals surface area contributed by atoms with Crippen LogP contribution in [0.4, 0.5) is 4.39 Å². The Bertz CT molecular complexity index is 1070. The third kappa shape index (κ3) is 4.00. The van der Waals surface area contributed by atoms with Crippen LogP contribution in [0.5, 0.6) is 0 Å². The Kier molecular flexibility index (Phi) is 5.57. The van der Waals surface area contributed by atoms with Crippen LogP contribution < -0.4 is 0 Å². The van der Waals surface area contributed by atoms with Gasteiger partial charge in [-0.1, -0.05) is 11.6 Å². The van der Waals surface area contributed by atoms with Crippen molar-refractivity contribution in [2.45, 2.75) is 45.8 Å². The van der Waals surface area contributed by atoms with E-state index in [1.165, 1.54) is 25.0 Å². The third-order valence-electron chi connectivity index (χ3n) is 5.45. The van der Waals surface area contributed by atoms with Crippen LogP contribution in [0.2, 0.25) is 5.15 Å². The SMILES string of the molecule is Cc1nn(CC2CC2)c(Br)c1Cc1c(-c2ccc(F)cc2[C@@H](C)O)nn(C)c1Cl. The molecule has 2 heterocycles. The van der Waals surface area contributed by atoms with Gasteiger partial charge in [-0.05, 0) is 72.3 Å². The fraction of sp³-hybridized carbons (Fsp3) is 0.429. The van der Waals surface area contributed by atoms with Gasteiger partial charge in [0.15, 0.2) is 0 Å². The molecule has 8 heteroatoms. The summed E-state index contributed by atoms with van der Waals surface area (Å²) >= 11 is 10.3. The number of aliphatic hydroxyl groups is 1. The molecule has 1 saturated carbocycles. The second kappa shape index (κ2) is 7.85. The lowest BCUT2D eigenvalue weighted by atomic mass is 9.96. The lowest BCUT2D eigenvalue weighted by molar-refractivity contribution is 0.199. The molecule has 1 aliphatic carbocycles. The summed E-state index contributed by atoms with van der Waals surface area (Å²) in [6.07, 6.45) is 2.22. The Hall–Kier alpha value is -1.70. The third-order valence-corrected chi connectivity index (χ3v) is 6.81. The molecule has 0 amide bonds. The number of aryl methyl sites for hydroxylation is 2. The standard InChI is InChI=1S/C21H23BrClFN4O/c1-11-16(20(22)28(25-11)10-13-4-5-13)9-18-19(26-27(3)21(18)23)15-7-6-14(24)8-17(15)12(2)29/h6-8,12-13,29H,4-5,9-10H2,1-3H3/t12-/m1/s1. The second-order valence-corrected chi connectivity index (χ2v) is 8.92. The number of aliphatic hydroxyl groups excluding tert-OH is 1. The summed E-state index contributed by atoms with van der Waals surface area (Å²) in [4.78, 5) is 0. The summed E-state index contributed by atoms with van der Waals surface area (Å²) in [6, 6.07) is 4.38. The summed E-state index contributed by atoms with van der Waals surface area (Å²) in [5.74, 6) is 0.317. The number of hydrogen-bond acceptors (Lipinski definition) is 3. The van der Waals surface area contributed by atoms with Gasteiger partial charge < -0.3 is 5.11 Å². The predicted octanol–water partition coefficient (Wildman–Crippen LogP) is 5.20. The maximum Gasteiger partial charge on any atom is 0.130 e. The number of aromatic nitrogens is 4. The minimum absolute atomic E-state index is 0.395. The van der Waals surface area contributed by atoms with Crippen LogP contribution in [0, 0.1) is 18.7 Å². The molecule has 2 aromatic heterocycles. The van der Waals surface area contributed by atoms with Gasteiger partial charge in [0.1, 0.15) is 15.6 Å². The van der Waals surface area contributed by atoms with Crippen molar-refractivity contribution >= 4 is 27.5 Å². The fourth-order valence-electron chi connectivity index (χ4n) is 3.65. The lowest BCUT2D eigenvalue weighted by Gasteiger charge is -2.12. The lowest BCUT2D eigenvalue weighted by Crippen LogP contribution is -2.02. The number of benzene rings is 1. The molecule has 0 unspecified atom stereocenters. The van der Waals surface area contributed by atoms with Gasteiger partial charge in [0.25, 0.3) is 0 Å². The molecule has 5 nitrogen and oxygen atoms in total. The van der Waals surface area contributed by atoms with Gasteiger partial charge >= 0.3 is 0 Å². The minimum atomic E-state index is -0.830. The minimum Gasteiger partial charge on any atom is -0.389 e. The molecule has 3 aromatic rings. The molecule has 1 N–H and O–H groups in total. The monoisotopic (exact) mass is 480 g/mol. The Morgan fingerprint density at radius 1 is 1.31 bits per heavy atom. The Morgan fingerprint density at radius 2 is 2.03 bits per heavy atom. The summed E-state index contributed by atoms with van der Waals surface area (Å²) in [5, 5.41) is 20.0. The molecular formula is C21H23BrClFN4O. The highest BCUT2D eigenvalue weighted by Crippen LogP contribution is 2.37. The predicted molar refractivity (Wildman–Crippen MR) is 114 cm³/mol. The van der Waals surface area contributed by atoms with E-state index in [-0.39, 0.29) is 0 Å². The van der Waals surface area contributed by atoms with Crippen molar-refractivity contribution in [1.82, 2.24) is 19.6 Å². The zero-order chi connectivity index (χ0) is 20.9. The highest BCUT2D eigenvalue weighted by Gasteiger charge is 2.26. The van der Waals surface area contributed by atoms with Gasteiger partial charge in [-0.15, -0.1) is 0 Å². The normalized spacial score (nSPS) is 15.1. The molecule has 4 rings (SSSR count). The first-order valence-electron chi connectivity index (χ1n) is 9.67. The van der Waals surface area contributed by atoms with E-state index < -0.39 is 11.9 Å². The quantitative estimate of drug-likeness (QED) is 0.526. The number of hydrogen-bond donors (Lipinski definition) is 1. The summed E-state index contributed by atoms with van der Waals surface area (Å²) in [6.45, 7) is 4.52. The molecular weight excluding hydrogens is 459 g/mol. The molecule has 1 aliphatic rings. The van der Waals surface area contributed by atoms with Crippen molar-refractivity contribution in [3.63, 3.8) is 0 Å². The molecule has 29 heavy (non-hydrogen) atoms. The maximum absolute atomic E-state index is 13.8. The first kappa shape index (κ1) is 20.6. The van der Waals surface area contributed by atoms with E-state index in [2.05, 4.69) is 21.0 Å². The smallest absolute Gasteiger partial charge is 0.130 e. The Labute approximate surface area is 182 Å². The van der Waals surface area contributed by atoms with Crippen molar-refractivity contribution in [2.24, 2.45) is 13.0 Å². The largest absolute Gasteiger partial charge is 0.389 e. The van der Waals surface area contributed by atoms with Crippen LogP contribution in [-0.4, -0.2) is 24.7 Å². The molecule has 0 bridgehead atoms. The highest BCUT2D eigenvalue weighted by molar-refractivity contribution is 9.10. The highest BCUT2D eigenvalue weighted by atomic mass is 79.9. The van der Waals surface area contributed by atoms with Crippen molar-refractivity contribution in [2.75, 3.05) is 0 Å². The van der Waals surface area contributed by atoms with Crippen molar-refractivity contribution < 1.29 is 9.50 Å². The maximum atomic E-state index is 13.8. The summed E-state index contributed by atoms with van der Waals surface area (Å²) < 4.78 is 18.4. The van der Waals surface area contributed by atoms with Gasteiger partial charge in [0, 0.05) is 36.7 Å². The van der Waals surface area contributed by atoms with Gasteiger partial charge in [-0.25, -0.2) is 4.39 Å². The average Bonchev–Trinajstić information content (AvgIpc) is 3.39. The molecule has 1 atom stereocenters. The van der Waals surface area contributed by atoms with Crippen LogP contribution in [0.25, 0.3) is 11.3 Å². The molecule has 0 saturated heterocycles. The van der Waals surface area contributed by atoms with Crippen LogP contribution >= 0.6 is 27.5 Å². The van der Waals surface area contributed by atoms with Crippen LogP contribution in [0.15, 0.2) is 22.8 Å². The van der Waals surface area contributed by atoms with E-state index in [1.807, 2.05) is 11.6 Å². The van der Waals surface area contributed by atoms with Gasteiger partial charge in [0.2, 0.25) is 0 Å². The van der Waals surface area contributed by atoms with Crippen molar-refractivity contribution in [1.29, 1.82) is 0 Å². The second-order valence-electron chi connectivity index (χ2n) is 7.81. The number of halogens is 3. The van der Waals surface area contributed by atoms with Crippen LogP contribution in [0.1, 0.15) is 48.3 Å². The molecule has 0 spiro atoms. The summed E-state index contributed by atoms with van der Waals surface area (Å²) in [5.41, 5.74) is 4.65. The zero-order valence-corrected chi connectivity index (χ0v) is 18.9. The molecule has 1 fully saturated rings. The van der Waals surface area contributed by atoms with Crippen LogP contribution in [0.3, 0.4) is 0 Å². The van der Waals surface area contributed by atoms with Crippen LogP contribution in [-0.2, 0) is 20.0 Å². The van der Waals surface area contributed by atoms with E-state index in [0.29, 0.717) is 34.3 Å². The van der Waals surface area contributed by atoms with E-state index in [9.17, 15) is 9.50 Å². The van der Waals surface area contributed by atoms with E-state index in [4.69, 9.17) is 16.7 Å². The number of rotatable bonds is 6. The average molecular weight is 482 g/mol. The van der Waals surface area contributed by atoms with Gasteiger partial charge in [-0.3, -0.25) is 9.36 Å². The van der Waals surface area contributed by atoms with Gasteiger partial charge in [-0.2, -0.15) is 10.2 Å². The molecule has 0 aliphatic heterocycles. The molecule has 0 radical (unpaired) electrons. The molecule has 1 aromatic carbocycles. The topological polar surface area (TPSA) is 55.9 Å². The van der Waals surface area contributed by atoms with Gasteiger partial charge in [0.05, 0.1) is 17.5 Å². The van der Waals surface area contributed by atoms with Crippen molar-refractivity contribution in [3.05, 3.63) is 56.2 Å². The Morgan fingerprint density at radius 3 is 2.69 bits per heavy atom. The zero-order valence-electron chi connectivity index (χ0n) is 16.6. The summed E-state index contributed by atoms with van der Waals surface area (Å²) in [7, 11) is 1.78. The number of nitrogens with zero attached hydrogens (tertiary/aromatic N) is 4. The first-order valence-corrected chi connectivity index (χ1v) is 10.8.